The number of β-amino-alcohol motifs (C(OH)–C–C–N with tert-alkyl or cyclic N) is 1. The van der Waals surface area contributed by atoms with Crippen LogP contribution in [0.1, 0.15) is 45.6 Å². The van der Waals surface area contributed by atoms with Crippen LogP contribution in [-0.4, -0.2) is 153 Å². The third kappa shape index (κ3) is 12.2. The zero-order chi connectivity index (χ0) is 44.3. The first-order chi connectivity index (χ1) is 28.4. The van der Waals surface area contributed by atoms with Crippen molar-refractivity contribution in [3.63, 3.8) is 0 Å². The zero-order valence-electron chi connectivity index (χ0n) is 33.3. The molecule has 0 radical (unpaired) electrons. The Labute approximate surface area is 348 Å². The highest BCUT2D eigenvalue weighted by Gasteiger charge is 2.42. The number of carbonyl (C=O) groups is 8. The van der Waals surface area contributed by atoms with E-state index in [4.69, 9.17) is 5.73 Å². The maximum Gasteiger partial charge on any atom is 0.326 e. The molecule has 9 atom stereocenters. The summed E-state index contributed by atoms with van der Waals surface area (Å²) in [7, 11) is 0. The zero-order valence-corrected chi connectivity index (χ0v) is 34.1. The number of carboxylic acids is 1. The van der Waals surface area contributed by atoms with Gasteiger partial charge in [0, 0.05) is 36.0 Å². The Kier molecular flexibility index (Phi) is 16.9. The van der Waals surface area contributed by atoms with Gasteiger partial charge in [-0.25, -0.2) is 4.79 Å². The molecular formula is C37H52N10O12S. The molecule has 3 heterocycles. The van der Waals surface area contributed by atoms with E-state index in [1.54, 1.807) is 38.1 Å². The lowest BCUT2D eigenvalue weighted by Crippen LogP contribution is -2.58. The van der Waals surface area contributed by atoms with Gasteiger partial charge in [-0.15, -0.1) is 11.8 Å². The lowest BCUT2D eigenvalue weighted by atomic mass is 9.98. The van der Waals surface area contributed by atoms with Crippen LogP contribution in [0, 0.1) is 10.8 Å². The van der Waals surface area contributed by atoms with E-state index >= 15 is 0 Å². The number of hydrogen-bond acceptors (Lipinski definition) is 14. The van der Waals surface area contributed by atoms with Crippen molar-refractivity contribution in [3.05, 3.63) is 34.7 Å². The molecule has 0 bridgehead atoms. The first-order valence-corrected chi connectivity index (χ1v) is 20.3. The summed E-state index contributed by atoms with van der Waals surface area (Å²) in [4.78, 5) is 122. The van der Waals surface area contributed by atoms with Crippen LogP contribution in [0.3, 0.4) is 0 Å². The van der Waals surface area contributed by atoms with Gasteiger partial charge in [-0.05, 0) is 30.9 Å². The lowest BCUT2D eigenvalue weighted by molar-refractivity contribution is -0.149. The van der Waals surface area contributed by atoms with Crippen LogP contribution in [0.5, 0.6) is 0 Å². The highest BCUT2D eigenvalue weighted by Crippen LogP contribution is 2.31. The molecule has 2 aliphatic heterocycles. The molecule has 0 aliphatic carbocycles. The number of benzene rings is 1. The summed E-state index contributed by atoms with van der Waals surface area (Å²) in [5.74, 6) is -7.94. The van der Waals surface area contributed by atoms with Crippen molar-refractivity contribution in [2.45, 2.75) is 99.9 Å². The van der Waals surface area contributed by atoms with Crippen LogP contribution < -0.4 is 37.6 Å². The molecule has 328 valence electrons. The molecule has 23 heteroatoms. The Balaban J connectivity index is 1.75. The summed E-state index contributed by atoms with van der Waals surface area (Å²) in [6.07, 6.45) is -2.84. The topological polar surface area (TPSA) is 344 Å². The van der Waals surface area contributed by atoms with Gasteiger partial charge in [0.1, 0.15) is 36.3 Å². The standard InChI is InChI=1S/C37H52N10O12S/c1-4-17(2)30-34(55)40-13-27(50)42-25(32(53)43-23(9-10-41-59)36(56)47-15-19(49)11-26(47)37(57)58)16-60-35-21(20-7-5-6-8-22(20)45-35)12-24(31(52)39-14-28(51)46-30)44-33(54)29(38)18(3)48/h5-8,17-19,23-26,29-30,45,48-49H,4,9-16,38H2,1-3H3,(H,39,52)(H,40,55)(H,42,50)(H,43,53)(H,44,54)(H,46,51)(H,57,58)/t17-,18+,19+,23-,24-,25-,26-,29-,30-/m0/s1. The van der Waals surface area contributed by atoms with Crippen molar-refractivity contribution in [2.24, 2.45) is 16.8 Å². The molecule has 0 saturated carbocycles. The third-order valence-corrected chi connectivity index (χ3v) is 11.5. The second kappa shape index (κ2) is 21.6. The number of nitrogens with one attached hydrogen (secondary N) is 7. The summed E-state index contributed by atoms with van der Waals surface area (Å²) in [6.45, 7) is 2.70. The van der Waals surface area contributed by atoms with E-state index in [0.717, 1.165) is 16.7 Å². The number of carbonyl (C=O) groups excluding carboxylic acids is 7. The molecule has 0 unspecified atom stereocenters. The van der Waals surface area contributed by atoms with Crippen LogP contribution in [0.25, 0.3) is 10.9 Å². The highest BCUT2D eigenvalue weighted by molar-refractivity contribution is 7.99. The number of carboxylic acid groups (broad SMARTS) is 1. The first-order valence-electron chi connectivity index (χ1n) is 19.4. The number of likely N-dealkylation sites (tertiary alicyclic amines) is 1. The molecule has 7 amide bonds. The molecule has 12 N–H and O–H groups in total. The molecule has 1 aromatic carbocycles. The average Bonchev–Trinajstić information content (AvgIpc) is 3.79. The molecule has 4 rings (SSSR count). The fourth-order valence-corrected chi connectivity index (χ4v) is 7.81. The average molecular weight is 861 g/mol. The predicted octanol–water partition coefficient (Wildman–Crippen LogP) is -3.06. The number of para-hydroxylation sites is 1. The minimum atomic E-state index is -1.50. The normalized spacial score (nSPS) is 24.2. The Hall–Kier alpha value is -5.65. The van der Waals surface area contributed by atoms with Gasteiger partial charge in [-0.3, -0.25) is 33.6 Å². The number of nitroso groups, excluding NO2 is 1. The van der Waals surface area contributed by atoms with Crippen molar-refractivity contribution in [3.8, 4) is 0 Å². The van der Waals surface area contributed by atoms with Crippen molar-refractivity contribution in [2.75, 3.05) is 31.9 Å². The number of nitrogens with two attached hydrogens (primary N) is 1. The number of thioether (sulfide) groups is 1. The number of H-pyrrole nitrogens is 1. The maximum absolute atomic E-state index is 14.1. The van der Waals surface area contributed by atoms with E-state index in [1.165, 1.54) is 6.92 Å². The van der Waals surface area contributed by atoms with Crippen LogP contribution in [0.2, 0.25) is 0 Å². The highest BCUT2D eigenvalue weighted by atomic mass is 32.2. The quantitative estimate of drug-likeness (QED) is 0.0945. The minimum Gasteiger partial charge on any atom is -0.480 e. The van der Waals surface area contributed by atoms with Gasteiger partial charge >= 0.3 is 5.97 Å². The maximum atomic E-state index is 14.1. The summed E-state index contributed by atoms with van der Waals surface area (Å²) in [5, 5.41) is 48.7. The van der Waals surface area contributed by atoms with Gasteiger partial charge in [0.2, 0.25) is 41.4 Å². The van der Waals surface area contributed by atoms with Crippen LogP contribution in [0.15, 0.2) is 34.5 Å². The largest absolute Gasteiger partial charge is 0.480 e. The summed E-state index contributed by atoms with van der Waals surface area (Å²) < 4.78 is 0. The number of aliphatic hydroxyl groups excluding tert-OH is 2. The van der Waals surface area contributed by atoms with Gasteiger partial charge in [0.25, 0.3) is 0 Å². The fraction of sp³-hybridized carbons (Fsp3) is 0.568. The van der Waals surface area contributed by atoms with Gasteiger partial charge in [0.05, 0.1) is 36.9 Å². The Morgan fingerprint density at radius 1 is 1.03 bits per heavy atom. The smallest absolute Gasteiger partial charge is 0.326 e. The van der Waals surface area contributed by atoms with E-state index in [2.05, 4.69) is 42.1 Å². The van der Waals surface area contributed by atoms with Crippen molar-refractivity contribution < 1.29 is 53.7 Å². The summed E-state index contributed by atoms with van der Waals surface area (Å²) >= 11 is 1.01. The number of aliphatic carboxylic acids is 1. The van der Waals surface area contributed by atoms with Crippen molar-refractivity contribution in [1.29, 1.82) is 0 Å². The number of aromatic nitrogens is 1. The number of aliphatic hydroxyl groups is 2. The van der Waals surface area contributed by atoms with Crippen molar-refractivity contribution in [1.82, 2.24) is 41.8 Å². The van der Waals surface area contributed by atoms with E-state index in [0.29, 0.717) is 27.9 Å². The molecule has 2 aliphatic rings. The van der Waals surface area contributed by atoms with Gasteiger partial charge in [-0.2, -0.15) is 4.91 Å². The molecule has 2 aromatic rings. The third-order valence-electron chi connectivity index (χ3n) is 10.3. The van der Waals surface area contributed by atoms with Crippen LogP contribution >= 0.6 is 11.8 Å². The van der Waals surface area contributed by atoms with E-state index in [1.807, 2.05) is 0 Å². The lowest BCUT2D eigenvalue weighted by Gasteiger charge is -2.28. The number of aromatic amines is 1. The Morgan fingerprint density at radius 3 is 2.35 bits per heavy atom. The number of amides is 7. The van der Waals surface area contributed by atoms with Crippen molar-refractivity contribution >= 4 is 70.0 Å². The minimum absolute atomic E-state index is 0.207. The Bertz CT molecular complexity index is 1940. The number of rotatable bonds is 12. The van der Waals surface area contributed by atoms with Gasteiger partial charge < -0.3 is 62.8 Å². The van der Waals surface area contributed by atoms with Gasteiger partial charge in [0.15, 0.2) is 0 Å². The summed E-state index contributed by atoms with van der Waals surface area (Å²) in [6, 6.07) is -1.40. The van der Waals surface area contributed by atoms with Crippen LogP contribution in [0.4, 0.5) is 0 Å². The molecule has 1 saturated heterocycles. The molecular weight excluding hydrogens is 809 g/mol. The molecule has 1 aromatic heterocycles. The molecule has 22 nitrogen and oxygen atoms in total. The van der Waals surface area contributed by atoms with E-state index < -0.39 is 121 Å². The fourth-order valence-electron chi connectivity index (χ4n) is 6.69. The SMILES string of the molecule is CC[C@H](C)[C@@H]1NC(=O)CNC(=O)[C@@H](NC(=O)[C@@H](N)[C@@H](C)O)Cc2c([nH]c3ccccc23)SC[C@@H](C(=O)N[C@@H](CCN=O)C(=O)N2C[C@H](O)C[C@H]2C(=O)O)NC(=O)CNC1=O. The second-order valence-corrected chi connectivity index (χ2v) is 15.8. The Morgan fingerprint density at radius 2 is 1.70 bits per heavy atom. The molecule has 1 fully saturated rings. The second-order valence-electron chi connectivity index (χ2n) is 14.7. The first kappa shape index (κ1) is 47.0. The van der Waals surface area contributed by atoms with Gasteiger partial charge in [-0.1, -0.05) is 43.6 Å². The molecule has 0 spiro atoms. The predicted molar refractivity (Wildman–Crippen MR) is 215 cm³/mol. The van der Waals surface area contributed by atoms with E-state index in [-0.39, 0.29) is 31.6 Å². The number of hydrogen-bond donors (Lipinski definition) is 11. The molecule has 60 heavy (non-hydrogen) atoms. The van der Waals surface area contributed by atoms with E-state index in [9.17, 15) is 58.6 Å². The number of nitrogens with zero attached hydrogens (tertiary/aromatic N) is 2. The van der Waals surface area contributed by atoms with Crippen LogP contribution in [-0.2, 0) is 44.8 Å². The summed E-state index contributed by atoms with van der Waals surface area (Å²) in [5.41, 5.74) is 6.94. The number of fused-ring (bicyclic) bond motifs is 3. The monoisotopic (exact) mass is 860 g/mol.